The van der Waals surface area contributed by atoms with Crippen LogP contribution in [-0.4, -0.2) is 159 Å². The van der Waals surface area contributed by atoms with Crippen molar-refractivity contribution in [2.45, 2.75) is 196 Å². The van der Waals surface area contributed by atoms with Crippen LogP contribution < -0.4 is 31.3 Å². The van der Waals surface area contributed by atoms with Gasteiger partial charge in [-0.2, -0.15) is 0 Å². The average Bonchev–Trinajstić information content (AvgIpc) is 1.25. The highest BCUT2D eigenvalue weighted by molar-refractivity contribution is 7.84. The lowest BCUT2D eigenvalue weighted by molar-refractivity contribution is -0.149. The molecule has 4 bridgehead atoms. The van der Waals surface area contributed by atoms with Gasteiger partial charge in [0.1, 0.15) is 57.8 Å². The van der Waals surface area contributed by atoms with Gasteiger partial charge in [-0.05, 0) is 130 Å². The summed E-state index contributed by atoms with van der Waals surface area (Å²) < 4.78 is 65.2. The van der Waals surface area contributed by atoms with E-state index in [0.717, 1.165) is 71.3 Å². The Kier molecular flexibility index (Phi) is 23.9. The number of benzene rings is 1. The quantitative estimate of drug-likeness (QED) is 0.0241. The van der Waals surface area contributed by atoms with Crippen LogP contribution in [0.2, 0.25) is 0 Å². The van der Waals surface area contributed by atoms with Gasteiger partial charge in [0.15, 0.2) is 24.3 Å². The molecule has 4 aliphatic heterocycles. The Labute approximate surface area is 529 Å². The molecule has 2 saturated heterocycles. The molecule has 13 atom stereocenters. The summed E-state index contributed by atoms with van der Waals surface area (Å²) in [7, 11) is -3.46. The molecular formula is C57H81Cl3N8O19P2. The predicted molar refractivity (Wildman–Crippen MR) is 325 cm³/mol. The summed E-state index contributed by atoms with van der Waals surface area (Å²) in [6.07, 6.45) is 8.36. The Balaban J connectivity index is 0.000000172. The third-order valence-corrected chi connectivity index (χ3v) is 19.9. The van der Waals surface area contributed by atoms with Gasteiger partial charge in [-0.25, -0.2) is 29.3 Å². The maximum absolute atomic E-state index is 12.7. The highest BCUT2D eigenvalue weighted by atomic mass is 35.7. The molecule has 7 N–H and O–H groups in total. The Morgan fingerprint density at radius 2 is 1.38 bits per heavy atom. The number of nitrogens with zero attached hydrogens (tertiary/aromatic N) is 4. The molecule has 2 amide bonds. The van der Waals surface area contributed by atoms with E-state index in [1.807, 2.05) is 6.20 Å². The molecular weight excluding hydrogens is 1270 g/mol. The van der Waals surface area contributed by atoms with Gasteiger partial charge in [-0.3, -0.25) is 43.0 Å². The van der Waals surface area contributed by atoms with Crippen LogP contribution in [0.15, 0.2) is 76.9 Å². The zero-order chi connectivity index (χ0) is 65.6. The van der Waals surface area contributed by atoms with Crippen LogP contribution >= 0.6 is 48.8 Å². The van der Waals surface area contributed by atoms with Crippen molar-refractivity contribution in [3.05, 3.63) is 93.9 Å². The molecule has 0 radical (unpaired) electrons. The predicted octanol–water partition coefficient (Wildman–Crippen LogP) is 6.30. The van der Waals surface area contributed by atoms with E-state index in [1.165, 1.54) is 72.1 Å². The number of aromatic amines is 1. The number of para-hydroxylation sites is 1. The zero-order valence-electron chi connectivity index (χ0n) is 50.9. The molecule has 11 rings (SSSR count). The zero-order valence-corrected chi connectivity index (χ0v) is 55.0. The number of alkyl carbamates (subject to hydrolysis) is 1. The topological polar surface area (TPSA) is 357 Å². The number of carbonyl (C=O) groups is 5. The van der Waals surface area contributed by atoms with Crippen molar-refractivity contribution in [3.8, 4) is 5.75 Å². The number of nitrogens with one attached hydrogen (secondary N) is 4. The minimum absolute atomic E-state index is 0.0276. The first kappa shape index (κ1) is 71.5. The Hall–Kier alpha value is -4.99. The Morgan fingerprint density at radius 3 is 1.93 bits per heavy atom. The molecule has 27 nitrogen and oxygen atoms in total. The number of aromatic nitrogens is 4. The lowest BCUT2D eigenvalue weighted by Gasteiger charge is -2.56. The molecule has 8 aliphatic rings. The van der Waals surface area contributed by atoms with Gasteiger partial charge in [0.05, 0.1) is 31.8 Å². The minimum atomic E-state index is -3.65. The maximum Gasteiger partial charge on any atom is 0.409 e. The molecule has 89 heavy (non-hydrogen) atoms. The number of rotatable bonds is 18. The van der Waals surface area contributed by atoms with Crippen LogP contribution in [-0.2, 0) is 63.1 Å². The first-order valence-corrected chi connectivity index (χ1v) is 34.7. The van der Waals surface area contributed by atoms with Crippen LogP contribution in [0.4, 0.5) is 4.79 Å². The monoisotopic (exact) mass is 1350 g/mol. The molecule has 6 fully saturated rings. The highest BCUT2D eigenvalue weighted by Gasteiger charge is 2.57. The lowest BCUT2D eigenvalue weighted by Crippen LogP contribution is -2.60. The van der Waals surface area contributed by atoms with E-state index in [4.69, 9.17) is 72.3 Å². The van der Waals surface area contributed by atoms with E-state index in [2.05, 4.69) is 30.0 Å². The summed E-state index contributed by atoms with van der Waals surface area (Å²) >= 11 is 18.4. The number of esters is 2. The molecule has 2 aromatic heterocycles. The summed E-state index contributed by atoms with van der Waals surface area (Å²) in [5, 5.41) is 37.8. The third-order valence-electron chi connectivity index (χ3n) is 16.0. The summed E-state index contributed by atoms with van der Waals surface area (Å²) in [5.41, 5.74) is -1.20. The second-order valence-corrected chi connectivity index (χ2v) is 31.0. The lowest BCUT2D eigenvalue weighted by atomic mass is 9.53. The molecule has 494 valence electrons. The number of hydrogen-bond donors (Lipinski definition) is 7. The summed E-state index contributed by atoms with van der Waals surface area (Å²) in [6.45, 7) is 10.6. The van der Waals surface area contributed by atoms with Gasteiger partial charge in [-0.15, -0.1) is 23.2 Å². The largest absolute Gasteiger partial charge is 0.462 e. The number of carbonyl (C=O) groups excluding carboxylic acids is 5. The number of ether oxygens (including phenoxy) is 5. The van der Waals surface area contributed by atoms with E-state index in [9.17, 15) is 52.9 Å². The SMILES string of the molecule is CC(C)OC(=O)[C@@H](C)NP(=O)(Cl)Oc1ccccc1.CC(C)OC(=O)[C@@H](C)N[P@@](C)(=O)OC[C@H]1O[C@@H](N2C=CC(=O)CC2=O)[C@](C)(Cl)[C@@H]1O.C[C@@]1(Cl)[C@H](O)[C@@H](CO)O[C@H]1n1ccc(=O)[nH]c1=O.O=C(NC12CC3CC(CC(C3)C1)C2)O[C@@H]1CCn2ccnc21. The minimum Gasteiger partial charge on any atom is -0.462 e. The van der Waals surface area contributed by atoms with Crippen LogP contribution in [0.25, 0.3) is 0 Å². The summed E-state index contributed by atoms with van der Waals surface area (Å²) in [5.74, 6) is 1.78. The summed E-state index contributed by atoms with van der Waals surface area (Å²) in [6, 6.07) is 7.93. The molecule has 0 spiro atoms. The van der Waals surface area contributed by atoms with E-state index in [0.29, 0.717) is 5.75 Å². The first-order chi connectivity index (χ1) is 41.6. The molecule has 1 aromatic carbocycles. The normalized spacial score (nSPS) is 31.8. The first-order valence-electron chi connectivity index (χ1n) is 29.3. The van der Waals surface area contributed by atoms with Gasteiger partial charge in [0.25, 0.3) is 13.1 Å². The molecule has 32 heteroatoms. The van der Waals surface area contributed by atoms with Crippen molar-refractivity contribution >= 4 is 78.6 Å². The van der Waals surface area contributed by atoms with E-state index < -0.39 is 109 Å². The number of allylic oxidation sites excluding steroid dienone is 1. The van der Waals surface area contributed by atoms with Crippen LogP contribution in [0.1, 0.15) is 125 Å². The number of aryl methyl sites for hydroxylation is 1. The number of halogens is 3. The van der Waals surface area contributed by atoms with Crippen LogP contribution in [0.3, 0.4) is 0 Å². The van der Waals surface area contributed by atoms with Gasteiger partial charge < -0.3 is 57.9 Å². The van der Waals surface area contributed by atoms with E-state index in [-0.39, 0.29) is 48.8 Å². The second kappa shape index (κ2) is 29.7. The molecule has 4 saturated carbocycles. The number of aliphatic hydroxyl groups is 3. The molecule has 3 aromatic rings. The molecule has 1 unspecified atom stereocenters. The third kappa shape index (κ3) is 18.6. The second-order valence-electron chi connectivity index (χ2n) is 24.4. The van der Waals surface area contributed by atoms with Gasteiger partial charge in [0, 0.05) is 67.3 Å². The van der Waals surface area contributed by atoms with Gasteiger partial charge >= 0.3 is 30.6 Å². The number of hydrogen-bond acceptors (Lipinski definition) is 20. The van der Waals surface area contributed by atoms with Crippen molar-refractivity contribution in [2.75, 3.05) is 19.9 Å². The fourth-order valence-electron chi connectivity index (χ4n) is 12.3. The number of ketones is 1. The van der Waals surface area contributed by atoms with Gasteiger partial charge in [0.2, 0.25) is 5.91 Å². The fraction of sp³-hybridized carbons (Fsp3) is 0.649. The van der Waals surface area contributed by atoms with Crippen molar-refractivity contribution in [1.29, 1.82) is 0 Å². The number of fused-ring (bicyclic) bond motifs is 1. The Bertz CT molecular complexity index is 3200. The van der Waals surface area contributed by atoms with Gasteiger partial charge in [-0.1, -0.05) is 18.2 Å². The Morgan fingerprint density at radius 1 is 0.820 bits per heavy atom. The number of aliphatic hydroxyl groups excluding tert-OH is 3. The van der Waals surface area contributed by atoms with Crippen molar-refractivity contribution in [2.24, 2.45) is 17.8 Å². The number of imidazole rings is 1. The van der Waals surface area contributed by atoms with Crippen LogP contribution in [0, 0.1) is 17.8 Å². The number of alkyl halides is 2. The number of H-pyrrole nitrogens is 1. The van der Waals surface area contributed by atoms with Crippen molar-refractivity contribution in [3.63, 3.8) is 0 Å². The van der Waals surface area contributed by atoms with Crippen molar-refractivity contribution in [1.82, 2.24) is 39.5 Å². The average molecular weight is 1350 g/mol. The molecule has 6 heterocycles. The maximum atomic E-state index is 12.7. The highest BCUT2D eigenvalue weighted by Crippen LogP contribution is 2.56. The van der Waals surface area contributed by atoms with Crippen LogP contribution in [0.5, 0.6) is 5.75 Å². The smallest absolute Gasteiger partial charge is 0.409 e. The fourth-order valence-corrected chi connectivity index (χ4v) is 15.9. The molecule has 4 aliphatic carbocycles. The van der Waals surface area contributed by atoms with E-state index in [1.54, 1.807) is 64.2 Å². The standard InChI is InChI=1S/C18H28ClN2O8P.C17H23N3O2.C12H17ClNO4P.C10H13ClN2O5/c1-10(2)28-16(25)11(3)20-30(5,26)27-9-13-15(24)18(4,19)17(29-13)21-7-6-12(22)8-14(21)23;21-16(22-14-1-3-20-4-2-18-15(14)20)19-17-8-11-5-12(9-17)7-13(6-11)10-17;1-9(2)17-12(15)10(3)14-19(13,16)18-11-7-5-4-6-8-11;1-10(11)7(16)5(4-14)18-8(10)13-3-2-6(15)12-9(13)17/h6-7,10-11,13,15,17,24H,8-9H2,1-5H3,(H,20,26);2,4,11-14H,1,3,5-10H2,(H,19,21);4-10H,1-3H3,(H,14,16);2-3,5,7-8,14,16H,4H2,1H3,(H,12,15,17)/t11-,13-,15-,17-,18-,30+;11?,12?,13?,14-,17?;10-,19?;5-,7-,8-,10-/m1111/s1. The summed E-state index contributed by atoms with van der Waals surface area (Å²) in [4.78, 5) is 86.9. The number of amides is 2. The van der Waals surface area contributed by atoms with E-state index >= 15 is 0 Å². The van der Waals surface area contributed by atoms with Crippen molar-refractivity contribution < 1.29 is 81.2 Å².